The van der Waals surface area contributed by atoms with E-state index in [0.29, 0.717) is 12.5 Å². The Hall–Kier alpha value is -1.55. The Bertz CT molecular complexity index is 415. The number of hydrogen-bond acceptors (Lipinski definition) is 4. The summed E-state index contributed by atoms with van der Waals surface area (Å²) in [5, 5.41) is 3.41. The second-order valence-electron chi connectivity index (χ2n) is 5.50. The fraction of sp³-hybridized carbons (Fsp3) is 0.588. The molecule has 0 saturated heterocycles. The van der Waals surface area contributed by atoms with Crippen molar-refractivity contribution in [3.8, 4) is 5.75 Å². The highest BCUT2D eigenvalue weighted by atomic mass is 16.5. The SMILES string of the molecule is CCCOc1ccc(CC(CC(=O)OC)NC(C)C)cc1. The minimum Gasteiger partial charge on any atom is -0.494 e. The second-order valence-corrected chi connectivity index (χ2v) is 5.50. The summed E-state index contributed by atoms with van der Waals surface area (Å²) in [6.45, 7) is 6.97. The number of rotatable bonds is 9. The number of ether oxygens (including phenoxy) is 2. The Labute approximate surface area is 127 Å². The fourth-order valence-corrected chi connectivity index (χ4v) is 2.17. The zero-order valence-electron chi connectivity index (χ0n) is 13.5. The van der Waals surface area contributed by atoms with E-state index in [4.69, 9.17) is 9.47 Å². The first kappa shape index (κ1) is 17.5. The first-order valence-corrected chi connectivity index (χ1v) is 7.59. The average molecular weight is 293 g/mol. The van der Waals surface area contributed by atoms with Gasteiger partial charge < -0.3 is 14.8 Å². The van der Waals surface area contributed by atoms with Crippen LogP contribution in [0.2, 0.25) is 0 Å². The van der Waals surface area contributed by atoms with Crippen LogP contribution in [0.3, 0.4) is 0 Å². The van der Waals surface area contributed by atoms with Gasteiger partial charge >= 0.3 is 5.97 Å². The summed E-state index contributed by atoms with van der Waals surface area (Å²) in [6.07, 6.45) is 2.17. The van der Waals surface area contributed by atoms with Gasteiger partial charge in [-0.1, -0.05) is 32.9 Å². The molecule has 0 aliphatic rings. The molecule has 0 amide bonds. The fourth-order valence-electron chi connectivity index (χ4n) is 2.17. The van der Waals surface area contributed by atoms with Crippen LogP contribution < -0.4 is 10.1 Å². The van der Waals surface area contributed by atoms with Gasteiger partial charge in [0.1, 0.15) is 5.75 Å². The molecular weight excluding hydrogens is 266 g/mol. The summed E-state index contributed by atoms with van der Waals surface area (Å²) in [7, 11) is 1.43. The van der Waals surface area contributed by atoms with Gasteiger partial charge in [-0.3, -0.25) is 4.79 Å². The van der Waals surface area contributed by atoms with E-state index in [2.05, 4.69) is 38.2 Å². The van der Waals surface area contributed by atoms with E-state index in [0.717, 1.165) is 25.2 Å². The van der Waals surface area contributed by atoms with E-state index in [1.165, 1.54) is 12.7 Å². The zero-order chi connectivity index (χ0) is 15.7. The summed E-state index contributed by atoms with van der Waals surface area (Å²) < 4.78 is 10.3. The molecule has 0 bridgehead atoms. The normalized spacial score (nSPS) is 12.2. The quantitative estimate of drug-likeness (QED) is 0.711. The van der Waals surface area contributed by atoms with Crippen LogP contribution in [0.25, 0.3) is 0 Å². The Kier molecular flexibility index (Phi) is 7.83. The lowest BCUT2D eigenvalue weighted by atomic mass is 10.0. The molecule has 1 aromatic carbocycles. The van der Waals surface area contributed by atoms with Crippen molar-refractivity contribution in [3.63, 3.8) is 0 Å². The molecule has 1 atom stereocenters. The highest BCUT2D eigenvalue weighted by Gasteiger charge is 2.15. The van der Waals surface area contributed by atoms with Crippen molar-refractivity contribution in [3.05, 3.63) is 29.8 Å². The van der Waals surface area contributed by atoms with Crippen molar-refractivity contribution >= 4 is 5.97 Å². The minimum atomic E-state index is -0.184. The molecule has 118 valence electrons. The Morgan fingerprint density at radius 3 is 2.43 bits per heavy atom. The van der Waals surface area contributed by atoms with Crippen LogP contribution in [-0.4, -0.2) is 31.8 Å². The highest BCUT2D eigenvalue weighted by molar-refractivity contribution is 5.70. The molecule has 0 fully saturated rings. The zero-order valence-corrected chi connectivity index (χ0v) is 13.5. The van der Waals surface area contributed by atoms with Crippen LogP contribution in [0, 0.1) is 0 Å². The lowest BCUT2D eigenvalue weighted by Gasteiger charge is -2.20. The second kappa shape index (κ2) is 9.40. The number of methoxy groups -OCH3 is 1. The van der Waals surface area contributed by atoms with E-state index >= 15 is 0 Å². The number of nitrogens with one attached hydrogen (secondary N) is 1. The molecule has 0 spiro atoms. The predicted octanol–water partition coefficient (Wildman–Crippen LogP) is 2.95. The third-order valence-corrected chi connectivity index (χ3v) is 3.09. The van der Waals surface area contributed by atoms with Crippen LogP contribution in [0.4, 0.5) is 0 Å². The van der Waals surface area contributed by atoms with Gasteiger partial charge in [-0.15, -0.1) is 0 Å². The molecule has 1 N–H and O–H groups in total. The summed E-state index contributed by atoms with van der Waals surface area (Å²) in [4.78, 5) is 11.5. The van der Waals surface area contributed by atoms with Crippen LogP contribution >= 0.6 is 0 Å². The van der Waals surface area contributed by atoms with Gasteiger partial charge in [0.05, 0.1) is 20.1 Å². The van der Waals surface area contributed by atoms with Crippen molar-refractivity contribution < 1.29 is 14.3 Å². The van der Waals surface area contributed by atoms with E-state index in [9.17, 15) is 4.79 Å². The van der Waals surface area contributed by atoms with Crippen molar-refractivity contribution in [2.24, 2.45) is 0 Å². The van der Waals surface area contributed by atoms with Crippen LogP contribution in [0.1, 0.15) is 39.2 Å². The third-order valence-electron chi connectivity index (χ3n) is 3.09. The lowest BCUT2D eigenvalue weighted by Crippen LogP contribution is -2.38. The smallest absolute Gasteiger partial charge is 0.307 e. The van der Waals surface area contributed by atoms with Gasteiger partial charge in [-0.05, 0) is 30.5 Å². The average Bonchev–Trinajstić information content (AvgIpc) is 2.45. The van der Waals surface area contributed by atoms with E-state index in [1.807, 2.05) is 12.1 Å². The monoisotopic (exact) mass is 293 g/mol. The predicted molar refractivity (Wildman–Crippen MR) is 84.6 cm³/mol. The molecule has 1 unspecified atom stereocenters. The largest absolute Gasteiger partial charge is 0.494 e. The Balaban J connectivity index is 2.62. The van der Waals surface area contributed by atoms with Crippen molar-refractivity contribution in [1.82, 2.24) is 5.32 Å². The number of carbonyl (C=O) groups is 1. The number of esters is 1. The molecule has 4 nitrogen and oxygen atoms in total. The van der Waals surface area contributed by atoms with E-state index < -0.39 is 0 Å². The molecule has 0 saturated carbocycles. The number of hydrogen-bond donors (Lipinski definition) is 1. The first-order valence-electron chi connectivity index (χ1n) is 7.59. The molecule has 1 rings (SSSR count). The molecule has 0 aliphatic heterocycles. The molecular formula is C17H27NO3. The van der Waals surface area contributed by atoms with Crippen LogP contribution in [-0.2, 0) is 16.0 Å². The molecule has 0 heterocycles. The van der Waals surface area contributed by atoms with Gasteiger partial charge in [0.15, 0.2) is 0 Å². The summed E-state index contributed by atoms with van der Waals surface area (Å²) in [5.74, 6) is 0.706. The van der Waals surface area contributed by atoms with Crippen LogP contribution in [0.5, 0.6) is 5.75 Å². The van der Waals surface area contributed by atoms with Gasteiger partial charge in [-0.2, -0.15) is 0 Å². The topological polar surface area (TPSA) is 47.6 Å². The van der Waals surface area contributed by atoms with Gasteiger partial charge in [0.25, 0.3) is 0 Å². The molecule has 0 aromatic heterocycles. The van der Waals surface area contributed by atoms with Crippen LogP contribution in [0.15, 0.2) is 24.3 Å². The molecule has 0 aliphatic carbocycles. The standard InChI is InChI=1S/C17H27NO3/c1-5-10-21-16-8-6-14(7-9-16)11-15(18-13(2)3)12-17(19)20-4/h6-9,13,15,18H,5,10-12H2,1-4H3. The number of carbonyl (C=O) groups excluding carboxylic acids is 1. The summed E-state index contributed by atoms with van der Waals surface area (Å²) >= 11 is 0. The summed E-state index contributed by atoms with van der Waals surface area (Å²) in [6, 6.07) is 8.48. The van der Waals surface area contributed by atoms with E-state index in [1.54, 1.807) is 0 Å². The van der Waals surface area contributed by atoms with E-state index in [-0.39, 0.29) is 12.0 Å². The maximum absolute atomic E-state index is 11.5. The van der Waals surface area contributed by atoms with Gasteiger partial charge in [0.2, 0.25) is 0 Å². The molecule has 1 aromatic rings. The highest BCUT2D eigenvalue weighted by Crippen LogP contribution is 2.15. The first-order chi connectivity index (χ1) is 10.0. The number of benzene rings is 1. The van der Waals surface area contributed by atoms with Crippen molar-refractivity contribution in [1.29, 1.82) is 0 Å². The lowest BCUT2D eigenvalue weighted by molar-refractivity contribution is -0.141. The third kappa shape index (κ3) is 7.14. The molecule has 21 heavy (non-hydrogen) atoms. The van der Waals surface area contributed by atoms with Gasteiger partial charge in [-0.25, -0.2) is 0 Å². The molecule has 4 heteroatoms. The minimum absolute atomic E-state index is 0.0832. The van der Waals surface area contributed by atoms with Crippen molar-refractivity contribution in [2.45, 2.75) is 52.1 Å². The summed E-state index contributed by atoms with van der Waals surface area (Å²) in [5.41, 5.74) is 1.18. The Morgan fingerprint density at radius 1 is 1.24 bits per heavy atom. The van der Waals surface area contributed by atoms with Crippen molar-refractivity contribution in [2.75, 3.05) is 13.7 Å². The van der Waals surface area contributed by atoms with Gasteiger partial charge in [0, 0.05) is 12.1 Å². The maximum Gasteiger partial charge on any atom is 0.307 e. The maximum atomic E-state index is 11.5. The molecule has 0 radical (unpaired) electrons. The Morgan fingerprint density at radius 2 is 1.90 bits per heavy atom.